The highest BCUT2D eigenvalue weighted by molar-refractivity contribution is 7.47. The summed E-state index contributed by atoms with van der Waals surface area (Å²) in [5.41, 5.74) is 0. The zero-order chi connectivity index (χ0) is 35.8. The van der Waals surface area contributed by atoms with Crippen LogP contribution in [-0.2, 0) is 18.4 Å². The summed E-state index contributed by atoms with van der Waals surface area (Å²) in [6, 6.07) is -0.863. The maximum absolute atomic E-state index is 12.8. The van der Waals surface area contributed by atoms with E-state index in [0.29, 0.717) is 17.4 Å². The lowest BCUT2D eigenvalue weighted by atomic mass is 10.1. The number of unbranched alkanes of at least 4 members (excludes halogenated alkanes) is 17. The lowest BCUT2D eigenvalue weighted by molar-refractivity contribution is -0.870. The van der Waals surface area contributed by atoms with Gasteiger partial charge in [0.05, 0.1) is 39.9 Å². The van der Waals surface area contributed by atoms with Gasteiger partial charge in [0.15, 0.2) is 0 Å². The topological polar surface area (TPSA) is 105 Å². The Morgan fingerprint density at radius 3 is 1.69 bits per heavy atom. The van der Waals surface area contributed by atoms with Crippen molar-refractivity contribution in [3.63, 3.8) is 0 Å². The van der Waals surface area contributed by atoms with Crippen LogP contribution >= 0.6 is 7.82 Å². The van der Waals surface area contributed by atoms with E-state index in [0.717, 1.165) is 51.4 Å². The number of phosphoric acid groups is 1. The molecular weight excluding hydrogens is 623 g/mol. The first kappa shape index (κ1) is 46.7. The molecule has 0 aromatic carbocycles. The fourth-order valence-corrected chi connectivity index (χ4v) is 5.90. The minimum atomic E-state index is -4.34. The lowest BCUT2D eigenvalue weighted by Crippen LogP contribution is -2.45. The summed E-state index contributed by atoms with van der Waals surface area (Å²) in [7, 11) is 1.54. The van der Waals surface area contributed by atoms with Crippen molar-refractivity contribution in [1.29, 1.82) is 0 Å². The molecule has 0 rings (SSSR count). The van der Waals surface area contributed by atoms with E-state index in [2.05, 4.69) is 43.5 Å². The van der Waals surface area contributed by atoms with Crippen molar-refractivity contribution >= 4 is 13.7 Å². The zero-order valence-corrected chi connectivity index (χ0v) is 32.6. The number of quaternary nitrogens is 1. The molecule has 0 aromatic heterocycles. The molecule has 0 bridgehead atoms. The van der Waals surface area contributed by atoms with Crippen LogP contribution in [0.2, 0.25) is 0 Å². The molecule has 282 valence electrons. The lowest BCUT2D eigenvalue weighted by Gasteiger charge is -2.25. The van der Waals surface area contributed by atoms with Gasteiger partial charge in [-0.1, -0.05) is 127 Å². The number of likely N-dealkylation sites (N-methyl/N-ethyl adjacent to an activating group) is 1. The van der Waals surface area contributed by atoms with Crippen molar-refractivity contribution in [2.75, 3.05) is 40.9 Å². The third-order valence-electron chi connectivity index (χ3n) is 8.33. The van der Waals surface area contributed by atoms with Crippen molar-refractivity contribution < 1.29 is 32.9 Å². The summed E-state index contributed by atoms with van der Waals surface area (Å²) in [5, 5.41) is 13.7. The van der Waals surface area contributed by atoms with E-state index in [4.69, 9.17) is 9.05 Å². The number of aliphatic hydroxyl groups is 1. The van der Waals surface area contributed by atoms with Gasteiger partial charge < -0.3 is 19.8 Å². The molecule has 1 amide bonds. The predicted octanol–water partition coefficient (Wildman–Crippen LogP) is 9.96. The number of phosphoric ester groups is 1. The van der Waals surface area contributed by atoms with E-state index in [1.54, 1.807) is 6.08 Å². The molecule has 1 unspecified atom stereocenters. The van der Waals surface area contributed by atoms with Crippen LogP contribution in [0.25, 0.3) is 0 Å². The van der Waals surface area contributed by atoms with Crippen LogP contribution in [-0.4, -0.2) is 73.4 Å². The summed E-state index contributed by atoms with van der Waals surface area (Å²) in [6.45, 7) is 4.73. The molecule has 3 N–H and O–H groups in total. The minimum absolute atomic E-state index is 0.0541. The molecule has 0 aliphatic heterocycles. The van der Waals surface area contributed by atoms with Crippen LogP contribution in [0.15, 0.2) is 36.5 Å². The normalized spacial score (nSPS) is 15.1. The first-order valence-electron chi connectivity index (χ1n) is 19.4. The summed E-state index contributed by atoms with van der Waals surface area (Å²) in [4.78, 5) is 23.0. The highest BCUT2D eigenvalue weighted by Gasteiger charge is 2.27. The maximum Gasteiger partial charge on any atom is 0.472 e. The third-order valence-corrected chi connectivity index (χ3v) is 9.32. The Morgan fingerprint density at radius 2 is 1.15 bits per heavy atom. The van der Waals surface area contributed by atoms with Crippen LogP contribution < -0.4 is 5.32 Å². The molecule has 8 nitrogen and oxygen atoms in total. The molecule has 0 saturated heterocycles. The van der Waals surface area contributed by atoms with Crippen molar-refractivity contribution in [1.82, 2.24) is 5.32 Å². The van der Waals surface area contributed by atoms with Gasteiger partial charge >= 0.3 is 7.82 Å². The van der Waals surface area contributed by atoms with Gasteiger partial charge in [-0.3, -0.25) is 13.8 Å². The number of hydrogen-bond acceptors (Lipinski definition) is 5. The first-order chi connectivity index (χ1) is 23.0. The van der Waals surface area contributed by atoms with Crippen LogP contribution in [0.1, 0.15) is 155 Å². The molecule has 0 radical (unpaired) electrons. The number of aliphatic hydroxyl groups excluding tert-OH is 1. The average Bonchev–Trinajstić information content (AvgIpc) is 3.02. The van der Waals surface area contributed by atoms with Crippen molar-refractivity contribution in [3.05, 3.63) is 36.5 Å². The Labute approximate surface area is 296 Å². The number of allylic oxidation sites excluding steroid dienone is 5. The second-order valence-corrected chi connectivity index (χ2v) is 15.7. The van der Waals surface area contributed by atoms with E-state index < -0.39 is 20.0 Å². The molecule has 3 atom stereocenters. The molecule has 9 heteroatoms. The summed E-state index contributed by atoms with van der Waals surface area (Å²) >= 11 is 0. The molecule has 0 aromatic rings. The van der Waals surface area contributed by atoms with Gasteiger partial charge in [-0.2, -0.15) is 0 Å². The summed E-state index contributed by atoms with van der Waals surface area (Å²) in [5.74, 6) is -0.200. The Bertz CT molecular complexity index is 886. The number of carbonyl (C=O) groups excluding carboxylic acids is 1. The van der Waals surface area contributed by atoms with E-state index in [-0.39, 0.29) is 19.1 Å². The Balaban J connectivity index is 4.61. The van der Waals surface area contributed by atoms with Crippen LogP contribution in [0.4, 0.5) is 0 Å². The van der Waals surface area contributed by atoms with Crippen LogP contribution in [0.5, 0.6) is 0 Å². The van der Waals surface area contributed by atoms with Crippen molar-refractivity contribution in [2.24, 2.45) is 0 Å². The van der Waals surface area contributed by atoms with Gasteiger partial charge in [-0.15, -0.1) is 0 Å². The molecule has 0 spiro atoms. The fourth-order valence-electron chi connectivity index (χ4n) is 5.17. The molecule has 0 aliphatic carbocycles. The quantitative estimate of drug-likeness (QED) is 0.0267. The highest BCUT2D eigenvalue weighted by Crippen LogP contribution is 2.43. The van der Waals surface area contributed by atoms with Gasteiger partial charge in [0.25, 0.3) is 0 Å². The highest BCUT2D eigenvalue weighted by atomic mass is 31.2. The number of hydrogen-bond donors (Lipinski definition) is 3. The SMILES string of the molecule is CCCCCC/C=C/CCCCCCCC(=O)N[C@@H](COP(=O)(O)OCC[N+](C)(C)C)[C@H](O)/C=C/CC/C=C/CCCCCCCCC. The molecule has 0 aliphatic rings. The van der Waals surface area contributed by atoms with Gasteiger partial charge in [-0.05, 0) is 57.8 Å². The predicted molar refractivity (Wildman–Crippen MR) is 203 cm³/mol. The molecule has 0 saturated carbocycles. The number of amides is 1. The van der Waals surface area contributed by atoms with Crippen molar-refractivity contribution in [3.8, 4) is 0 Å². The molecule has 0 fully saturated rings. The zero-order valence-electron chi connectivity index (χ0n) is 31.7. The second-order valence-electron chi connectivity index (χ2n) is 14.3. The summed E-state index contributed by atoms with van der Waals surface area (Å²) in [6.07, 6.45) is 36.3. The van der Waals surface area contributed by atoms with Gasteiger partial charge in [-0.25, -0.2) is 4.57 Å². The van der Waals surface area contributed by atoms with Gasteiger partial charge in [0.2, 0.25) is 5.91 Å². The molecular formula is C39H76N2O6P+. The average molecular weight is 700 g/mol. The third kappa shape index (κ3) is 33.2. The van der Waals surface area contributed by atoms with Crippen LogP contribution in [0, 0.1) is 0 Å². The first-order valence-corrected chi connectivity index (χ1v) is 20.9. The fraction of sp³-hybridized carbons (Fsp3) is 0.821. The Kier molecular flexibility index (Phi) is 30.8. The maximum atomic E-state index is 12.8. The number of rotatable bonds is 34. The van der Waals surface area contributed by atoms with E-state index in [1.807, 2.05) is 27.2 Å². The van der Waals surface area contributed by atoms with Gasteiger partial charge in [0.1, 0.15) is 13.2 Å². The smallest absolute Gasteiger partial charge is 0.387 e. The van der Waals surface area contributed by atoms with Gasteiger partial charge in [0, 0.05) is 6.42 Å². The second kappa shape index (κ2) is 31.7. The number of carbonyl (C=O) groups is 1. The van der Waals surface area contributed by atoms with E-state index in [9.17, 15) is 19.4 Å². The van der Waals surface area contributed by atoms with Crippen molar-refractivity contribution in [2.45, 2.75) is 167 Å². The van der Waals surface area contributed by atoms with E-state index in [1.165, 1.54) is 83.5 Å². The Hall–Kier alpha value is -1.28. The number of nitrogens with one attached hydrogen (secondary N) is 1. The summed E-state index contributed by atoms with van der Waals surface area (Å²) < 4.78 is 23.4. The largest absolute Gasteiger partial charge is 0.472 e. The van der Waals surface area contributed by atoms with E-state index >= 15 is 0 Å². The molecule has 48 heavy (non-hydrogen) atoms. The Morgan fingerprint density at radius 1 is 0.688 bits per heavy atom. The van der Waals surface area contributed by atoms with Crippen LogP contribution in [0.3, 0.4) is 0 Å². The minimum Gasteiger partial charge on any atom is -0.387 e. The monoisotopic (exact) mass is 700 g/mol. The molecule has 0 heterocycles. The standard InChI is InChI=1S/C39H75N2O6P/c1-6-8-10-12-14-16-18-20-22-24-26-28-30-32-38(42)37(36-47-48(44,45)46-35-34-41(3,4)5)40-39(43)33-31-29-27-25-23-21-19-17-15-13-11-9-7-2/h17,19,22,24,30,32,37-38,42H,6-16,18,20-21,23,25-29,31,33-36H2,1-5H3,(H-,40,43,44,45)/p+1/b19-17+,24-22+,32-30+/t37-,38+/m0/s1. The number of nitrogens with zero attached hydrogens (tertiary/aromatic N) is 1.